The van der Waals surface area contributed by atoms with Gasteiger partial charge >= 0.3 is 11.9 Å². The van der Waals surface area contributed by atoms with E-state index in [1.165, 1.54) is 25.7 Å². The molecule has 0 saturated carbocycles. The number of rotatable bonds is 14. The van der Waals surface area contributed by atoms with Crippen molar-refractivity contribution in [2.24, 2.45) is 0 Å². The number of ether oxygens (including phenoxy) is 1. The fourth-order valence-corrected chi connectivity index (χ4v) is 1.99. The quantitative estimate of drug-likeness (QED) is 0.292. The van der Waals surface area contributed by atoms with Crippen LogP contribution in [0.4, 0.5) is 0 Å². The monoisotopic (exact) mass is 298 g/mol. The van der Waals surface area contributed by atoms with E-state index >= 15 is 0 Å². The lowest BCUT2D eigenvalue weighted by Gasteiger charge is -2.02. The molecule has 0 fully saturated rings. The number of esters is 1. The third-order valence-corrected chi connectivity index (χ3v) is 3.25. The first kappa shape index (κ1) is 19.7. The van der Waals surface area contributed by atoms with Crippen molar-refractivity contribution in [3.8, 4) is 0 Å². The van der Waals surface area contributed by atoms with Crippen LogP contribution in [0, 0.1) is 0 Å². The highest BCUT2D eigenvalue weighted by molar-refractivity contribution is 5.69. The van der Waals surface area contributed by atoms with Gasteiger partial charge in [0.15, 0.2) is 0 Å². The Morgan fingerprint density at radius 3 is 2.24 bits per heavy atom. The van der Waals surface area contributed by atoms with Crippen LogP contribution in [-0.4, -0.2) is 23.7 Å². The predicted molar refractivity (Wildman–Crippen MR) is 84.2 cm³/mol. The summed E-state index contributed by atoms with van der Waals surface area (Å²) in [6, 6.07) is 0. The first-order chi connectivity index (χ1) is 10.2. The summed E-state index contributed by atoms with van der Waals surface area (Å²) >= 11 is 0. The molecule has 0 aliphatic rings. The van der Waals surface area contributed by atoms with Gasteiger partial charge in [-0.05, 0) is 25.7 Å². The van der Waals surface area contributed by atoms with E-state index in [4.69, 9.17) is 9.84 Å². The Hall–Kier alpha value is -1.32. The molecule has 0 rings (SSSR count). The minimum Gasteiger partial charge on any atom is -0.481 e. The van der Waals surface area contributed by atoms with E-state index in [-0.39, 0.29) is 12.4 Å². The van der Waals surface area contributed by atoms with Gasteiger partial charge in [0.1, 0.15) is 6.61 Å². The number of carbonyl (C=O) groups excluding carboxylic acids is 1. The summed E-state index contributed by atoms with van der Waals surface area (Å²) in [5.74, 6) is -0.917. The summed E-state index contributed by atoms with van der Waals surface area (Å²) in [4.78, 5) is 21.7. The second-order valence-electron chi connectivity index (χ2n) is 5.31. The highest BCUT2D eigenvalue weighted by atomic mass is 16.5. The number of unbranched alkanes of at least 4 members (excludes halogenated alkanes) is 7. The van der Waals surface area contributed by atoms with Gasteiger partial charge in [-0.25, -0.2) is 0 Å². The molecule has 0 spiro atoms. The van der Waals surface area contributed by atoms with E-state index in [0.29, 0.717) is 19.4 Å². The summed E-state index contributed by atoms with van der Waals surface area (Å²) in [5.41, 5.74) is 0. The zero-order valence-corrected chi connectivity index (χ0v) is 13.3. The Kier molecular flexibility index (Phi) is 14.1. The van der Waals surface area contributed by atoms with Gasteiger partial charge in [0.2, 0.25) is 0 Å². The molecule has 0 unspecified atom stereocenters. The van der Waals surface area contributed by atoms with Gasteiger partial charge in [-0.1, -0.05) is 51.2 Å². The van der Waals surface area contributed by atoms with Crippen LogP contribution in [0.2, 0.25) is 0 Å². The molecule has 0 heterocycles. The molecule has 4 nitrogen and oxygen atoms in total. The number of carboxylic acid groups (broad SMARTS) is 1. The third-order valence-electron chi connectivity index (χ3n) is 3.25. The van der Waals surface area contributed by atoms with E-state index in [1.807, 2.05) is 6.08 Å². The first-order valence-corrected chi connectivity index (χ1v) is 8.19. The summed E-state index contributed by atoms with van der Waals surface area (Å²) in [6.07, 6.45) is 13.9. The number of carboxylic acids is 1. The van der Waals surface area contributed by atoms with Crippen molar-refractivity contribution in [3.05, 3.63) is 12.2 Å². The molecule has 1 N–H and O–H groups in total. The molecule has 21 heavy (non-hydrogen) atoms. The first-order valence-electron chi connectivity index (χ1n) is 8.19. The van der Waals surface area contributed by atoms with Crippen molar-refractivity contribution in [2.75, 3.05) is 6.61 Å². The van der Waals surface area contributed by atoms with E-state index in [9.17, 15) is 9.59 Å². The van der Waals surface area contributed by atoms with Crippen molar-refractivity contribution in [2.45, 2.75) is 77.6 Å². The van der Waals surface area contributed by atoms with Crippen LogP contribution in [0.3, 0.4) is 0 Å². The summed E-state index contributed by atoms with van der Waals surface area (Å²) in [5, 5.41) is 8.48. The fraction of sp³-hybridized carbons (Fsp3) is 0.765. The molecule has 4 heteroatoms. The third kappa shape index (κ3) is 16.6. The molecule has 0 atom stereocenters. The highest BCUT2D eigenvalue weighted by Gasteiger charge is 2.02. The Morgan fingerprint density at radius 1 is 0.905 bits per heavy atom. The summed E-state index contributed by atoms with van der Waals surface area (Å²) < 4.78 is 5.09. The maximum atomic E-state index is 11.4. The predicted octanol–water partition coefficient (Wildman–Crippen LogP) is 4.48. The lowest BCUT2D eigenvalue weighted by atomic mass is 10.1. The van der Waals surface area contributed by atoms with Crippen LogP contribution in [0.1, 0.15) is 77.6 Å². The van der Waals surface area contributed by atoms with Crippen LogP contribution < -0.4 is 0 Å². The topological polar surface area (TPSA) is 63.6 Å². The molecule has 122 valence electrons. The number of allylic oxidation sites excluding steroid dienone is 1. The molecule has 0 bridgehead atoms. The normalized spacial score (nSPS) is 10.9. The molecule has 0 aromatic heterocycles. The van der Waals surface area contributed by atoms with E-state index in [0.717, 1.165) is 25.7 Å². The molecule has 0 radical (unpaired) electrons. The molecule has 0 aromatic carbocycles. The molecule has 0 aliphatic heterocycles. The maximum absolute atomic E-state index is 11.4. The zero-order chi connectivity index (χ0) is 15.8. The van der Waals surface area contributed by atoms with Gasteiger partial charge in [-0.3, -0.25) is 9.59 Å². The molecule has 0 aliphatic carbocycles. The van der Waals surface area contributed by atoms with Crippen LogP contribution >= 0.6 is 0 Å². The van der Waals surface area contributed by atoms with Crippen LogP contribution in [-0.2, 0) is 14.3 Å². The number of hydrogen-bond acceptors (Lipinski definition) is 3. The van der Waals surface area contributed by atoms with Gasteiger partial charge in [-0.2, -0.15) is 0 Å². The average Bonchev–Trinajstić information content (AvgIpc) is 2.45. The number of aliphatic carboxylic acids is 1. The van der Waals surface area contributed by atoms with Gasteiger partial charge in [0.05, 0.1) is 0 Å². The van der Waals surface area contributed by atoms with Gasteiger partial charge in [-0.15, -0.1) is 0 Å². The Morgan fingerprint density at radius 2 is 1.57 bits per heavy atom. The number of hydrogen-bond donors (Lipinski definition) is 1. The Bertz CT molecular complexity index is 297. The van der Waals surface area contributed by atoms with Crippen molar-refractivity contribution in [1.29, 1.82) is 0 Å². The van der Waals surface area contributed by atoms with Gasteiger partial charge < -0.3 is 9.84 Å². The SMILES string of the molecule is CCCCCCC=CCOC(=O)CCCCCCC(=O)O. The van der Waals surface area contributed by atoms with Crippen LogP contribution in [0.5, 0.6) is 0 Å². The van der Waals surface area contributed by atoms with Gasteiger partial charge in [0, 0.05) is 12.8 Å². The van der Waals surface area contributed by atoms with E-state index < -0.39 is 5.97 Å². The van der Waals surface area contributed by atoms with Crippen molar-refractivity contribution < 1.29 is 19.4 Å². The second-order valence-corrected chi connectivity index (χ2v) is 5.31. The molecule has 0 amide bonds. The molecule has 0 saturated heterocycles. The summed E-state index contributed by atoms with van der Waals surface area (Å²) in [7, 11) is 0. The Balaban J connectivity index is 3.30. The zero-order valence-electron chi connectivity index (χ0n) is 13.3. The highest BCUT2D eigenvalue weighted by Crippen LogP contribution is 2.06. The van der Waals surface area contributed by atoms with Crippen molar-refractivity contribution >= 4 is 11.9 Å². The standard InChI is InChI=1S/C17H30O4/c1-2-3-4-5-6-9-12-15-21-17(20)14-11-8-7-10-13-16(18)19/h9,12H,2-8,10-11,13-15H2,1H3,(H,18,19). The average molecular weight is 298 g/mol. The van der Waals surface area contributed by atoms with Crippen LogP contribution in [0.25, 0.3) is 0 Å². The van der Waals surface area contributed by atoms with Crippen LogP contribution in [0.15, 0.2) is 12.2 Å². The van der Waals surface area contributed by atoms with Gasteiger partial charge in [0.25, 0.3) is 0 Å². The molecular formula is C17H30O4. The van der Waals surface area contributed by atoms with Crippen molar-refractivity contribution in [1.82, 2.24) is 0 Å². The smallest absolute Gasteiger partial charge is 0.306 e. The summed E-state index contributed by atoms with van der Waals surface area (Å²) in [6.45, 7) is 2.56. The van der Waals surface area contributed by atoms with Crippen molar-refractivity contribution in [3.63, 3.8) is 0 Å². The van der Waals surface area contributed by atoms with E-state index in [1.54, 1.807) is 0 Å². The Labute approximate surface area is 128 Å². The lowest BCUT2D eigenvalue weighted by molar-refractivity contribution is -0.142. The maximum Gasteiger partial charge on any atom is 0.306 e. The second kappa shape index (κ2) is 15.1. The fourth-order valence-electron chi connectivity index (χ4n) is 1.99. The largest absolute Gasteiger partial charge is 0.481 e. The van der Waals surface area contributed by atoms with E-state index in [2.05, 4.69) is 13.0 Å². The minimum atomic E-state index is -0.754. The lowest BCUT2D eigenvalue weighted by Crippen LogP contribution is -2.04. The minimum absolute atomic E-state index is 0.163. The number of carbonyl (C=O) groups is 2. The molecular weight excluding hydrogens is 268 g/mol. The molecule has 0 aromatic rings.